The second kappa shape index (κ2) is 10.5. The molecule has 1 aliphatic carbocycles. The molecule has 1 saturated heterocycles. The minimum absolute atomic E-state index is 0. The van der Waals surface area contributed by atoms with E-state index in [0.717, 1.165) is 38.3 Å². The molecule has 1 aliphatic heterocycles. The van der Waals surface area contributed by atoms with Gasteiger partial charge in [-0.2, -0.15) is 0 Å². The highest BCUT2D eigenvalue weighted by atomic mass is 127. The number of carbonyl (C=O) groups is 1. The highest BCUT2D eigenvalue weighted by molar-refractivity contribution is 14.0. The van der Waals surface area contributed by atoms with E-state index in [1.165, 1.54) is 12.1 Å². The van der Waals surface area contributed by atoms with Crippen molar-refractivity contribution in [1.82, 2.24) is 15.5 Å². The number of alkyl halides is 3. The second-order valence-electron chi connectivity index (χ2n) is 7.53. The molecule has 168 valence electrons. The number of aliphatic imine (C=N–C) groups is 1. The molecule has 1 amide bonds. The van der Waals surface area contributed by atoms with Gasteiger partial charge in [-0.15, -0.1) is 37.1 Å². The first-order valence-electron chi connectivity index (χ1n) is 9.84. The summed E-state index contributed by atoms with van der Waals surface area (Å²) >= 11 is 0. The van der Waals surface area contributed by atoms with E-state index in [-0.39, 0.29) is 47.6 Å². The van der Waals surface area contributed by atoms with E-state index in [2.05, 4.69) is 25.3 Å². The van der Waals surface area contributed by atoms with Gasteiger partial charge >= 0.3 is 6.36 Å². The fourth-order valence-corrected chi connectivity index (χ4v) is 3.88. The smallest absolute Gasteiger partial charge is 0.405 e. The Morgan fingerprint density at radius 1 is 1.27 bits per heavy atom. The lowest BCUT2D eigenvalue weighted by Crippen LogP contribution is -2.47. The zero-order valence-electron chi connectivity index (χ0n) is 17.0. The van der Waals surface area contributed by atoms with Gasteiger partial charge in [0.05, 0.1) is 0 Å². The highest BCUT2D eigenvalue weighted by Gasteiger charge is 2.43. The van der Waals surface area contributed by atoms with Crippen molar-refractivity contribution in [2.75, 3.05) is 27.2 Å². The van der Waals surface area contributed by atoms with Crippen LogP contribution in [0.25, 0.3) is 0 Å². The number of nitrogens with zero attached hydrogens (tertiary/aromatic N) is 2. The number of benzene rings is 1. The molecule has 0 aromatic heterocycles. The molecule has 2 N–H and O–H groups in total. The van der Waals surface area contributed by atoms with Crippen LogP contribution in [-0.4, -0.2) is 56.4 Å². The average molecular weight is 540 g/mol. The molecule has 2 unspecified atom stereocenters. The van der Waals surface area contributed by atoms with Crippen LogP contribution in [0.4, 0.5) is 13.2 Å². The van der Waals surface area contributed by atoms with E-state index < -0.39 is 6.36 Å². The van der Waals surface area contributed by atoms with Crippen molar-refractivity contribution in [2.24, 2.45) is 10.9 Å². The molecule has 1 saturated carbocycles. The van der Waals surface area contributed by atoms with Gasteiger partial charge < -0.3 is 20.3 Å². The number of nitrogens with one attached hydrogen (secondary N) is 2. The first-order chi connectivity index (χ1) is 13.8. The summed E-state index contributed by atoms with van der Waals surface area (Å²) in [6.07, 6.45) is -1.63. The van der Waals surface area contributed by atoms with Crippen LogP contribution in [0.5, 0.6) is 5.75 Å². The number of amides is 1. The zero-order valence-corrected chi connectivity index (χ0v) is 19.4. The first-order valence-corrected chi connectivity index (χ1v) is 9.84. The van der Waals surface area contributed by atoms with Gasteiger partial charge in [0.15, 0.2) is 5.96 Å². The van der Waals surface area contributed by atoms with Crippen LogP contribution in [-0.2, 0) is 4.79 Å². The minimum Gasteiger partial charge on any atom is -0.405 e. The number of ether oxygens (including phenoxy) is 1. The molecule has 30 heavy (non-hydrogen) atoms. The van der Waals surface area contributed by atoms with Gasteiger partial charge in [-0.3, -0.25) is 9.79 Å². The predicted molar refractivity (Wildman–Crippen MR) is 119 cm³/mol. The third-order valence-electron chi connectivity index (χ3n) is 5.53. The fourth-order valence-electron chi connectivity index (χ4n) is 3.88. The summed E-state index contributed by atoms with van der Waals surface area (Å²) in [6.45, 7) is 1.60. The molecule has 3 rings (SSSR count). The SMILES string of the molecule is CN=C(NC1CC1c1ccccc1OC(F)(F)F)N1CCC(CC(=O)NC)CC1.I. The van der Waals surface area contributed by atoms with Gasteiger partial charge in [-0.25, -0.2) is 0 Å². The maximum absolute atomic E-state index is 12.7. The number of halogens is 4. The molecular weight excluding hydrogens is 512 g/mol. The Bertz CT molecular complexity index is 752. The molecule has 1 heterocycles. The summed E-state index contributed by atoms with van der Waals surface area (Å²) in [6, 6.07) is 6.32. The summed E-state index contributed by atoms with van der Waals surface area (Å²) in [5, 5.41) is 6.04. The van der Waals surface area contributed by atoms with E-state index in [0.29, 0.717) is 17.9 Å². The molecule has 6 nitrogen and oxygen atoms in total. The van der Waals surface area contributed by atoms with E-state index in [1.807, 2.05) is 0 Å². The Kier molecular flexibility index (Phi) is 8.62. The van der Waals surface area contributed by atoms with Gasteiger partial charge in [0.2, 0.25) is 5.91 Å². The topological polar surface area (TPSA) is 66.0 Å². The van der Waals surface area contributed by atoms with Crippen LogP contribution in [0.15, 0.2) is 29.3 Å². The molecule has 2 atom stereocenters. The number of para-hydroxylation sites is 1. The van der Waals surface area contributed by atoms with Crippen LogP contribution >= 0.6 is 24.0 Å². The van der Waals surface area contributed by atoms with Gasteiger partial charge in [-0.05, 0) is 36.8 Å². The summed E-state index contributed by atoms with van der Waals surface area (Å²) in [5.74, 6) is 0.997. The number of rotatable bonds is 5. The van der Waals surface area contributed by atoms with Gasteiger partial charge in [0.25, 0.3) is 0 Å². The first kappa shape index (κ1) is 24.5. The number of hydrogen-bond donors (Lipinski definition) is 2. The molecule has 2 fully saturated rings. The van der Waals surface area contributed by atoms with Crippen molar-refractivity contribution < 1.29 is 22.7 Å². The van der Waals surface area contributed by atoms with Crippen molar-refractivity contribution in [3.8, 4) is 5.75 Å². The summed E-state index contributed by atoms with van der Waals surface area (Å²) in [7, 11) is 3.35. The largest absolute Gasteiger partial charge is 0.573 e. The third kappa shape index (κ3) is 6.64. The molecule has 1 aromatic carbocycles. The molecule has 0 bridgehead atoms. The molecule has 0 radical (unpaired) electrons. The van der Waals surface area contributed by atoms with Crippen molar-refractivity contribution in [1.29, 1.82) is 0 Å². The summed E-state index contributed by atoms with van der Waals surface area (Å²) < 4.78 is 42.1. The maximum Gasteiger partial charge on any atom is 0.573 e. The van der Waals surface area contributed by atoms with Crippen molar-refractivity contribution in [2.45, 2.75) is 44.0 Å². The highest BCUT2D eigenvalue weighted by Crippen LogP contribution is 2.45. The molecule has 2 aliphatic rings. The van der Waals surface area contributed by atoms with Crippen LogP contribution in [0.1, 0.15) is 37.2 Å². The number of piperidine rings is 1. The molecule has 10 heteroatoms. The minimum atomic E-state index is -4.71. The standard InChI is InChI=1S/C20H27F3N4O2.HI/c1-24-18(28)11-13-7-9-27(10-8-13)19(25-2)26-16-12-15(16)14-5-3-4-6-17(14)29-20(21,22)23;/h3-6,13,15-16H,7-12H2,1-2H3,(H,24,28)(H,25,26);1H. The normalized spacial score (nSPS) is 22.2. The quantitative estimate of drug-likeness (QED) is 0.341. The lowest BCUT2D eigenvalue weighted by Gasteiger charge is -2.34. The lowest BCUT2D eigenvalue weighted by atomic mass is 9.93. The Balaban J connectivity index is 0.00000320. The Morgan fingerprint density at radius 2 is 1.93 bits per heavy atom. The van der Waals surface area contributed by atoms with Crippen molar-refractivity contribution >= 4 is 35.8 Å². The number of likely N-dealkylation sites (tertiary alicyclic amines) is 1. The second-order valence-corrected chi connectivity index (χ2v) is 7.53. The zero-order chi connectivity index (χ0) is 21.0. The number of hydrogen-bond acceptors (Lipinski definition) is 3. The summed E-state index contributed by atoms with van der Waals surface area (Å²) in [4.78, 5) is 18.0. The van der Waals surface area contributed by atoms with E-state index in [9.17, 15) is 18.0 Å². The molecular formula is C20H28F3IN4O2. The Morgan fingerprint density at radius 3 is 2.53 bits per heavy atom. The van der Waals surface area contributed by atoms with Crippen molar-refractivity contribution in [3.05, 3.63) is 29.8 Å². The maximum atomic E-state index is 12.7. The fraction of sp³-hybridized carbons (Fsp3) is 0.600. The Labute approximate surface area is 191 Å². The Hall–Kier alpha value is -1.72. The van der Waals surface area contributed by atoms with Gasteiger partial charge in [0.1, 0.15) is 5.75 Å². The number of guanidine groups is 1. The van der Waals surface area contributed by atoms with Crippen LogP contribution in [0.2, 0.25) is 0 Å². The summed E-state index contributed by atoms with van der Waals surface area (Å²) in [5.41, 5.74) is 0.557. The lowest BCUT2D eigenvalue weighted by molar-refractivity contribution is -0.274. The van der Waals surface area contributed by atoms with Gasteiger partial charge in [-0.1, -0.05) is 18.2 Å². The van der Waals surface area contributed by atoms with Crippen LogP contribution in [0.3, 0.4) is 0 Å². The van der Waals surface area contributed by atoms with E-state index in [4.69, 9.17) is 0 Å². The third-order valence-corrected chi connectivity index (χ3v) is 5.53. The van der Waals surface area contributed by atoms with Crippen molar-refractivity contribution in [3.63, 3.8) is 0 Å². The van der Waals surface area contributed by atoms with Crippen LogP contribution in [0, 0.1) is 5.92 Å². The number of carbonyl (C=O) groups excluding carboxylic acids is 1. The molecule has 0 spiro atoms. The molecule has 1 aromatic rings. The van der Waals surface area contributed by atoms with E-state index in [1.54, 1.807) is 26.2 Å². The van der Waals surface area contributed by atoms with Gasteiger partial charge in [0, 0.05) is 45.6 Å². The average Bonchev–Trinajstić information content (AvgIpc) is 3.45. The van der Waals surface area contributed by atoms with Crippen LogP contribution < -0.4 is 15.4 Å². The van der Waals surface area contributed by atoms with E-state index >= 15 is 0 Å². The predicted octanol–water partition coefficient (Wildman–Crippen LogP) is 3.48. The monoisotopic (exact) mass is 540 g/mol.